The number of aliphatic hydroxyl groups excluding tert-OH is 1. The van der Waals surface area contributed by atoms with Crippen LogP contribution in [0.15, 0.2) is 12.1 Å². The molecule has 0 spiro atoms. The molecule has 1 aromatic rings. The zero-order valence-corrected chi connectivity index (χ0v) is 11.4. The minimum atomic E-state index is -0.372. The molecule has 0 aliphatic carbocycles. The Hall–Kier alpha value is -1.17. The maximum atomic E-state index is 9.90. The maximum absolute atomic E-state index is 9.90. The highest BCUT2D eigenvalue weighted by Crippen LogP contribution is 2.37. The summed E-state index contributed by atoms with van der Waals surface area (Å²) in [7, 11) is 3.02. The zero-order chi connectivity index (χ0) is 12.8. The Labute approximate surface area is 113 Å². The summed E-state index contributed by atoms with van der Waals surface area (Å²) in [6.45, 7) is 0.0763. The molecule has 0 heterocycles. The van der Waals surface area contributed by atoms with E-state index in [-0.39, 0.29) is 30.8 Å². The van der Waals surface area contributed by atoms with E-state index >= 15 is 0 Å². The van der Waals surface area contributed by atoms with E-state index in [2.05, 4.69) is 0 Å². The highest BCUT2D eigenvalue weighted by molar-refractivity contribution is 5.85. The summed E-state index contributed by atoms with van der Waals surface area (Å²) in [6.07, 6.45) is 1.16. The van der Waals surface area contributed by atoms with Crippen LogP contribution in [-0.2, 0) is 0 Å². The van der Waals surface area contributed by atoms with Gasteiger partial charge in [-0.05, 0) is 12.8 Å². The lowest BCUT2D eigenvalue weighted by molar-refractivity contribution is 0.278. The summed E-state index contributed by atoms with van der Waals surface area (Å²) in [5.41, 5.74) is 6.50. The summed E-state index contributed by atoms with van der Waals surface area (Å²) in [5, 5.41) is 18.7. The van der Waals surface area contributed by atoms with Gasteiger partial charge in [-0.1, -0.05) is 0 Å². The van der Waals surface area contributed by atoms with Crippen LogP contribution in [0.1, 0.15) is 24.4 Å². The van der Waals surface area contributed by atoms with E-state index in [0.29, 0.717) is 29.9 Å². The number of phenolic OH excluding ortho intramolecular Hbond substituents is 1. The fourth-order valence-corrected chi connectivity index (χ4v) is 1.70. The molecule has 0 unspecified atom stereocenters. The van der Waals surface area contributed by atoms with Gasteiger partial charge in [-0.25, -0.2) is 0 Å². The van der Waals surface area contributed by atoms with E-state index in [9.17, 15) is 5.11 Å². The molecule has 0 amide bonds. The van der Waals surface area contributed by atoms with E-state index in [0.717, 1.165) is 0 Å². The van der Waals surface area contributed by atoms with Crippen LogP contribution in [0.5, 0.6) is 17.2 Å². The van der Waals surface area contributed by atoms with Gasteiger partial charge in [0.05, 0.1) is 19.8 Å². The number of benzene rings is 1. The number of hydrogen-bond acceptors (Lipinski definition) is 5. The molecule has 1 atom stereocenters. The van der Waals surface area contributed by atoms with Gasteiger partial charge in [0.25, 0.3) is 0 Å². The van der Waals surface area contributed by atoms with Gasteiger partial charge in [-0.2, -0.15) is 0 Å². The van der Waals surface area contributed by atoms with Crippen molar-refractivity contribution in [2.45, 2.75) is 18.9 Å². The smallest absolute Gasteiger partial charge is 0.131 e. The third kappa shape index (κ3) is 3.94. The normalized spacial score (nSPS) is 11.6. The summed E-state index contributed by atoms with van der Waals surface area (Å²) in [6, 6.07) is 2.80. The van der Waals surface area contributed by atoms with E-state index in [1.54, 1.807) is 6.07 Å². The highest BCUT2D eigenvalue weighted by atomic mass is 35.5. The molecule has 0 radical (unpaired) electrons. The molecule has 1 aromatic carbocycles. The first-order valence-electron chi connectivity index (χ1n) is 5.45. The number of aromatic hydroxyl groups is 1. The summed E-state index contributed by atoms with van der Waals surface area (Å²) >= 11 is 0. The molecule has 104 valence electrons. The standard InChI is InChI=1S/C12H19NO4.ClH/c1-16-8-6-10(15)12(11(7-8)17-2)9(13)4-3-5-14;/h6-7,9,14-15H,3-5,13H2,1-2H3;1H/t9-;/m0./s1. The highest BCUT2D eigenvalue weighted by Gasteiger charge is 2.18. The zero-order valence-electron chi connectivity index (χ0n) is 10.5. The summed E-state index contributed by atoms with van der Waals surface area (Å²) < 4.78 is 10.2. The molecule has 0 aliphatic rings. The van der Waals surface area contributed by atoms with Crippen molar-refractivity contribution in [3.8, 4) is 17.2 Å². The van der Waals surface area contributed by atoms with Crippen LogP contribution in [0.3, 0.4) is 0 Å². The topological polar surface area (TPSA) is 84.9 Å². The van der Waals surface area contributed by atoms with Gasteiger partial charge in [0.15, 0.2) is 0 Å². The first-order chi connectivity index (χ1) is 8.13. The average molecular weight is 278 g/mol. The second-order valence-corrected chi connectivity index (χ2v) is 3.73. The number of methoxy groups -OCH3 is 2. The van der Waals surface area contributed by atoms with Gasteiger partial charge in [-0.3, -0.25) is 0 Å². The molecular formula is C12H20ClNO4. The van der Waals surface area contributed by atoms with Crippen molar-refractivity contribution in [1.82, 2.24) is 0 Å². The second-order valence-electron chi connectivity index (χ2n) is 3.73. The van der Waals surface area contributed by atoms with E-state index < -0.39 is 0 Å². The van der Waals surface area contributed by atoms with Crippen LogP contribution in [0, 0.1) is 0 Å². The Morgan fingerprint density at radius 3 is 2.44 bits per heavy atom. The lowest BCUT2D eigenvalue weighted by Crippen LogP contribution is -2.12. The lowest BCUT2D eigenvalue weighted by atomic mass is 10.0. The van der Waals surface area contributed by atoms with Crippen molar-refractivity contribution in [1.29, 1.82) is 0 Å². The van der Waals surface area contributed by atoms with Crippen molar-refractivity contribution in [2.75, 3.05) is 20.8 Å². The number of halogens is 1. The number of ether oxygens (including phenoxy) is 2. The molecule has 18 heavy (non-hydrogen) atoms. The van der Waals surface area contributed by atoms with Gasteiger partial charge in [-0.15, -0.1) is 12.4 Å². The molecule has 0 saturated carbocycles. The number of aliphatic hydroxyl groups is 1. The average Bonchev–Trinajstić information content (AvgIpc) is 2.34. The van der Waals surface area contributed by atoms with Crippen LogP contribution in [0.2, 0.25) is 0 Å². The van der Waals surface area contributed by atoms with Gasteiger partial charge in [0.2, 0.25) is 0 Å². The molecular weight excluding hydrogens is 258 g/mol. The number of hydrogen-bond donors (Lipinski definition) is 3. The van der Waals surface area contributed by atoms with Crippen molar-refractivity contribution in [2.24, 2.45) is 5.73 Å². The van der Waals surface area contributed by atoms with Crippen LogP contribution < -0.4 is 15.2 Å². The molecule has 6 heteroatoms. The first kappa shape index (κ1) is 16.8. The molecule has 0 bridgehead atoms. The fraction of sp³-hybridized carbons (Fsp3) is 0.500. The van der Waals surface area contributed by atoms with Gasteiger partial charge in [0, 0.05) is 24.8 Å². The second kappa shape index (κ2) is 8.02. The molecule has 4 N–H and O–H groups in total. The SMILES string of the molecule is COc1cc(O)c([C@@H](N)CCCO)c(OC)c1.Cl. The number of nitrogens with two attached hydrogens (primary N) is 1. The lowest BCUT2D eigenvalue weighted by Gasteiger charge is -2.17. The molecule has 1 rings (SSSR count). The van der Waals surface area contributed by atoms with E-state index in [1.807, 2.05) is 0 Å². The van der Waals surface area contributed by atoms with Crippen molar-refractivity contribution in [3.63, 3.8) is 0 Å². The Morgan fingerprint density at radius 2 is 1.94 bits per heavy atom. The number of phenols is 1. The fourth-order valence-electron chi connectivity index (χ4n) is 1.70. The predicted octanol–water partition coefficient (Wildman–Crippen LogP) is 1.60. The molecule has 0 aliphatic heterocycles. The Balaban J connectivity index is 0.00000289. The quantitative estimate of drug-likeness (QED) is 0.735. The Morgan fingerprint density at radius 1 is 1.28 bits per heavy atom. The maximum Gasteiger partial charge on any atom is 0.131 e. The minimum absolute atomic E-state index is 0. The molecule has 0 fully saturated rings. The first-order valence-corrected chi connectivity index (χ1v) is 5.45. The van der Waals surface area contributed by atoms with Crippen LogP contribution in [-0.4, -0.2) is 31.0 Å². The van der Waals surface area contributed by atoms with Crippen LogP contribution >= 0.6 is 12.4 Å². The van der Waals surface area contributed by atoms with Crippen molar-refractivity contribution >= 4 is 12.4 Å². The largest absolute Gasteiger partial charge is 0.507 e. The van der Waals surface area contributed by atoms with E-state index in [4.69, 9.17) is 20.3 Å². The van der Waals surface area contributed by atoms with Crippen LogP contribution in [0.4, 0.5) is 0 Å². The van der Waals surface area contributed by atoms with E-state index in [1.165, 1.54) is 20.3 Å². The number of rotatable bonds is 6. The molecule has 5 nitrogen and oxygen atoms in total. The van der Waals surface area contributed by atoms with Gasteiger partial charge >= 0.3 is 0 Å². The van der Waals surface area contributed by atoms with Gasteiger partial charge < -0.3 is 25.4 Å². The van der Waals surface area contributed by atoms with Crippen LogP contribution in [0.25, 0.3) is 0 Å². The summed E-state index contributed by atoms with van der Waals surface area (Å²) in [4.78, 5) is 0. The summed E-state index contributed by atoms with van der Waals surface area (Å²) in [5.74, 6) is 1.05. The minimum Gasteiger partial charge on any atom is -0.507 e. The molecule has 0 saturated heterocycles. The predicted molar refractivity (Wildman–Crippen MR) is 71.7 cm³/mol. The molecule has 0 aromatic heterocycles. The Kier molecular flexibility index (Phi) is 7.50. The third-order valence-electron chi connectivity index (χ3n) is 2.59. The van der Waals surface area contributed by atoms with Crippen molar-refractivity contribution < 1.29 is 19.7 Å². The van der Waals surface area contributed by atoms with Crippen molar-refractivity contribution in [3.05, 3.63) is 17.7 Å². The van der Waals surface area contributed by atoms with Gasteiger partial charge in [0.1, 0.15) is 17.2 Å². The Bertz CT molecular complexity index is 373. The third-order valence-corrected chi connectivity index (χ3v) is 2.59. The monoisotopic (exact) mass is 277 g/mol.